The van der Waals surface area contributed by atoms with Crippen molar-refractivity contribution in [3.8, 4) is 5.75 Å². The van der Waals surface area contributed by atoms with Gasteiger partial charge in [0, 0.05) is 17.7 Å². The molecule has 2 aromatic rings. The molecular weight excluding hydrogens is 306 g/mol. The maximum Gasteiger partial charge on any atom is 0.251 e. The molecule has 1 N–H and O–H groups in total. The van der Waals surface area contributed by atoms with E-state index < -0.39 is 0 Å². The van der Waals surface area contributed by atoms with Crippen LogP contribution in [0.1, 0.15) is 48.4 Å². The van der Waals surface area contributed by atoms with Crippen LogP contribution < -0.4 is 10.1 Å². The largest absolute Gasteiger partial charge is 0.494 e. The third kappa shape index (κ3) is 5.42. The van der Waals surface area contributed by atoms with E-state index in [9.17, 15) is 4.79 Å². The van der Waals surface area contributed by atoms with Crippen LogP contribution in [0.5, 0.6) is 5.75 Å². The van der Waals surface area contributed by atoms with Gasteiger partial charge >= 0.3 is 0 Å². The molecule has 0 aliphatic carbocycles. The molecule has 0 atom stereocenters. The Morgan fingerprint density at radius 3 is 2.83 bits per heavy atom. The number of rotatable bonds is 10. The standard InChI is InChI=1S/C19H25NO4/c1-3-5-10-22-14-16-12-15(8-9-18(16)23-4-2)19(21)20-13-17-7-6-11-24-17/h6-9,11-12H,3-5,10,13-14H2,1-2H3,(H,20,21). The molecule has 0 unspecified atom stereocenters. The summed E-state index contributed by atoms with van der Waals surface area (Å²) in [4.78, 5) is 12.3. The molecule has 0 spiro atoms. The topological polar surface area (TPSA) is 60.7 Å². The van der Waals surface area contributed by atoms with E-state index in [-0.39, 0.29) is 5.91 Å². The van der Waals surface area contributed by atoms with Crippen LogP contribution in [0, 0.1) is 0 Å². The van der Waals surface area contributed by atoms with E-state index in [4.69, 9.17) is 13.9 Å². The number of nitrogens with one attached hydrogen (secondary N) is 1. The first kappa shape index (κ1) is 18.1. The van der Waals surface area contributed by atoms with Crippen molar-refractivity contribution in [2.24, 2.45) is 0 Å². The van der Waals surface area contributed by atoms with Gasteiger partial charge in [-0.15, -0.1) is 0 Å². The van der Waals surface area contributed by atoms with Gasteiger partial charge in [0.05, 0.1) is 26.0 Å². The average Bonchev–Trinajstić information content (AvgIpc) is 3.11. The average molecular weight is 331 g/mol. The van der Waals surface area contributed by atoms with Crippen molar-refractivity contribution in [2.45, 2.75) is 39.8 Å². The van der Waals surface area contributed by atoms with Gasteiger partial charge in [0.25, 0.3) is 5.91 Å². The van der Waals surface area contributed by atoms with E-state index in [1.54, 1.807) is 18.4 Å². The molecule has 0 aliphatic heterocycles. The van der Waals surface area contributed by atoms with Crippen molar-refractivity contribution in [1.29, 1.82) is 0 Å². The molecule has 0 radical (unpaired) electrons. The number of furan rings is 1. The van der Waals surface area contributed by atoms with Crippen LogP contribution in [-0.4, -0.2) is 19.1 Å². The van der Waals surface area contributed by atoms with Crippen LogP contribution in [-0.2, 0) is 17.9 Å². The van der Waals surface area contributed by atoms with Crippen molar-refractivity contribution in [2.75, 3.05) is 13.2 Å². The van der Waals surface area contributed by atoms with Crippen molar-refractivity contribution >= 4 is 5.91 Å². The number of hydrogen-bond donors (Lipinski definition) is 1. The molecule has 1 aromatic heterocycles. The van der Waals surface area contributed by atoms with Gasteiger partial charge in [0.1, 0.15) is 11.5 Å². The molecule has 1 heterocycles. The molecule has 0 bridgehead atoms. The second kappa shape index (κ2) is 9.78. The second-order valence-corrected chi connectivity index (χ2v) is 5.42. The van der Waals surface area contributed by atoms with Crippen LogP contribution in [0.25, 0.3) is 0 Å². The summed E-state index contributed by atoms with van der Waals surface area (Å²) in [7, 11) is 0. The van der Waals surface area contributed by atoms with Crippen LogP contribution in [0.15, 0.2) is 41.0 Å². The maximum atomic E-state index is 12.3. The van der Waals surface area contributed by atoms with Gasteiger partial charge in [-0.3, -0.25) is 4.79 Å². The summed E-state index contributed by atoms with van der Waals surface area (Å²) in [5.41, 5.74) is 1.47. The fourth-order valence-electron chi connectivity index (χ4n) is 2.24. The lowest BCUT2D eigenvalue weighted by atomic mass is 10.1. The smallest absolute Gasteiger partial charge is 0.251 e. The van der Waals surface area contributed by atoms with Crippen molar-refractivity contribution < 1.29 is 18.7 Å². The summed E-state index contributed by atoms with van der Waals surface area (Å²) >= 11 is 0. The lowest BCUT2D eigenvalue weighted by Gasteiger charge is -2.12. The van der Waals surface area contributed by atoms with Crippen LogP contribution in [0.3, 0.4) is 0 Å². The molecule has 24 heavy (non-hydrogen) atoms. The number of hydrogen-bond acceptors (Lipinski definition) is 4. The van der Waals surface area contributed by atoms with E-state index in [0.29, 0.717) is 31.9 Å². The first-order chi connectivity index (χ1) is 11.7. The lowest BCUT2D eigenvalue weighted by molar-refractivity contribution is 0.0947. The minimum Gasteiger partial charge on any atom is -0.494 e. The Kier molecular flexibility index (Phi) is 7.36. The predicted molar refractivity (Wildman–Crippen MR) is 92.1 cm³/mol. The fraction of sp³-hybridized carbons (Fsp3) is 0.421. The number of unbranched alkanes of at least 4 members (excludes halogenated alkanes) is 1. The summed E-state index contributed by atoms with van der Waals surface area (Å²) in [5, 5.41) is 2.84. The maximum absolute atomic E-state index is 12.3. The Balaban J connectivity index is 2.01. The molecule has 1 amide bonds. The van der Waals surface area contributed by atoms with Gasteiger partial charge in [-0.05, 0) is 43.7 Å². The summed E-state index contributed by atoms with van der Waals surface area (Å²) in [6.45, 7) is 6.14. The minimum atomic E-state index is -0.149. The number of ether oxygens (including phenoxy) is 2. The zero-order valence-electron chi connectivity index (χ0n) is 14.3. The van der Waals surface area contributed by atoms with Gasteiger partial charge < -0.3 is 19.2 Å². The van der Waals surface area contributed by atoms with E-state index >= 15 is 0 Å². The highest BCUT2D eigenvalue weighted by molar-refractivity contribution is 5.94. The van der Waals surface area contributed by atoms with Crippen molar-refractivity contribution in [1.82, 2.24) is 5.32 Å². The molecule has 2 rings (SSSR count). The first-order valence-electron chi connectivity index (χ1n) is 8.38. The Morgan fingerprint density at radius 1 is 1.25 bits per heavy atom. The molecule has 130 valence electrons. The van der Waals surface area contributed by atoms with Crippen molar-refractivity contribution in [3.63, 3.8) is 0 Å². The number of carbonyl (C=O) groups is 1. The highest BCUT2D eigenvalue weighted by Gasteiger charge is 2.11. The molecule has 5 nitrogen and oxygen atoms in total. The number of carbonyl (C=O) groups excluding carboxylic acids is 1. The Hall–Kier alpha value is -2.27. The van der Waals surface area contributed by atoms with E-state index in [1.807, 2.05) is 25.1 Å². The SMILES string of the molecule is CCCCOCc1cc(C(=O)NCc2ccco2)ccc1OCC. The summed E-state index contributed by atoms with van der Waals surface area (Å²) in [5.74, 6) is 1.33. The number of benzene rings is 1. The molecule has 0 saturated carbocycles. The fourth-order valence-corrected chi connectivity index (χ4v) is 2.24. The van der Waals surface area contributed by atoms with Gasteiger partial charge in [-0.2, -0.15) is 0 Å². The Labute approximate surface area is 143 Å². The minimum absolute atomic E-state index is 0.149. The Morgan fingerprint density at radius 2 is 2.12 bits per heavy atom. The lowest BCUT2D eigenvalue weighted by Crippen LogP contribution is -2.22. The van der Waals surface area contributed by atoms with Crippen molar-refractivity contribution in [3.05, 3.63) is 53.5 Å². The van der Waals surface area contributed by atoms with Crippen LogP contribution in [0.2, 0.25) is 0 Å². The molecular formula is C19H25NO4. The van der Waals surface area contributed by atoms with Gasteiger partial charge in [0.15, 0.2) is 0 Å². The summed E-state index contributed by atoms with van der Waals surface area (Å²) < 4.78 is 16.5. The summed E-state index contributed by atoms with van der Waals surface area (Å²) in [6, 6.07) is 9.03. The second-order valence-electron chi connectivity index (χ2n) is 5.42. The van der Waals surface area contributed by atoms with Gasteiger partial charge in [-0.25, -0.2) is 0 Å². The first-order valence-corrected chi connectivity index (χ1v) is 8.38. The van der Waals surface area contributed by atoms with E-state index in [1.165, 1.54) is 0 Å². The predicted octanol–water partition coefficient (Wildman–Crippen LogP) is 3.93. The molecule has 1 aromatic carbocycles. The van der Waals surface area contributed by atoms with Gasteiger partial charge in [0.2, 0.25) is 0 Å². The van der Waals surface area contributed by atoms with E-state index in [2.05, 4.69) is 12.2 Å². The number of amides is 1. The molecule has 0 fully saturated rings. The molecule has 0 saturated heterocycles. The van der Waals surface area contributed by atoms with Gasteiger partial charge in [-0.1, -0.05) is 13.3 Å². The zero-order chi connectivity index (χ0) is 17.2. The van der Waals surface area contributed by atoms with Crippen LogP contribution >= 0.6 is 0 Å². The van der Waals surface area contributed by atoms with E-state index in [0.717, 1.165) is 29.9 Å². The third-order valence-corrected chi connectivity index (χ3v) is 3.53. The summed E-state index contributed by atoms with van der Waals surface area (Å²) in [6.07, 6.45) is 3.70. The zero-order valence-corrected chi connectivity index (χ0v) is 14.3. The monoisotopic (exact) mass is 331 g/mol. The quantitative estimate of drug-likeness (QED) is 0.670. The Bertz CT molecular complexity index is 622. The molecule has 0 aliphatic rings. The normalized spacial score (nSPS) is 10.6. The molecule has 5 heteroatoms. The van der Waals surface area contributed by atoms with Crippen LogP contribution in [0.4, 0.5) is 0 Å². The third-order valence-electron chi connectivity index (χ3n) is 3.53. The highest BCUT2D eigenvalue weighted by atomic mass is 16.5. The highest BCUT2D eigenvalue weighted by Crippen LogP contribution is 2.21.